The monoisotopic (exact) mass is 279 g/mol. The fraction of sp³-hybridized carbons (Fsp3) is 0.231. The summed E-state index contributed by atoms with van der Waals surface area (Å²) in [6.45, 7) is 11.0. The summed E-state index contributed by atoms with van der Waals surface area (Å²) in [4.78, 5) is 10.7. The number of aryl methyl sites for hydroxylation is 1. The highest BCUT2D eigenvalue weighted by atomic mass is 35.5. The predicted molar refractivity (Wildman–Crippen MR) is 79.8 cm³/mol. The van der Waals surface area contributed by atoms with E-state index in [0.29, 0.717) is 13.1 Å². The second kappa shape index (κ2) is 5.50. The van der Waals surface area contributed by atoms with Gasteiger partial charge in [-0.25, -0.2) is 4.98 Å². The number of aromatic nitrogens is 2. The first-order chi connectivity index (χ1) is 8.67. The van der Waals surface area contributed by atoms with Crippen molar-refractivity contribution >= 4 is 39.0 Å². The van der Waals surface area contributed by atoms with E-state index < -0.39 is 0 Å². The molecule has 0 fully saturated rings. The summed E-state index contributed by atoms with van der Waals surface area (Å²) in [6.07, 6.45) is 3.68. The van der Waals surface area contributed by atoms with E-state index in [9.17, 15) is 0 Å². The Morgan fingerprint density at radius 2 is 2.00 bits per heavy atom. The number of nitrogens with zero attached hydrogens (tertiary/aromatic N) is 3. The van der Waals surface area contributed by atoms with Crippen LogP contribution in [0.15, 0.2) is 30.7 Å². The fourth-order valence-electron chi connectivity index (χ4n) is 1.76. The molecule has 0 radical (unpaired) electrons. The Morgan fingerprint density at radius 3 is 2.61 bits per heavy atom. The Hall–Kier alpha value is -1.39. The van der Waals surface area contributed by atoms with Crippen molar-refractivity contribution in [3.05, 3.63) is 41.5 Å². The molecule has 2 heterocycles. The van der Waals surface area contributed by atoms with Crippen LogP contribution in [0.2, 0.25) is 5.28 Å². The van der Waals surface area contributed by atoms with Crippen molar-refractivity contribution in [3.8, 4) is 0 Å². The number of anilines is 1. The summed E-state index contributed by atoms with van der Waals surface area (Å²) in [5.41, 5.74) is 2.05. The molecule has 2 rings (SSSR count). The van der Waals surface area contributed by atoms with Crippen molar-refractivity contribution in [1.29, 1.82) is 0 Å². The lowest BCUT2D eigenvalue weighted by Gasteiger charge is -2.20. The molecular weight excluding hydrogens is 266 g/mol. The van der Waals surface area contributed by atoms with Gasteiger partial charge in [0.1, 0.15) is 0 Å². The smallest absolute Gasteiger partial charge is 0.224 e. The van der Waals surface area contributed by atoms with Crippen molar-refractivity contribution in [1.82, 2.24) is 9.97 Å². The zero-order valence-electron chi connectivity index (χ0n) is 10.2. The minimum Gasteiger partial charge on any atom is -0.348 e. The van der Waals surface area contributed by atoms with Crippen LogP contribution in [0.3, 0.4) is 0 Å². The highest BCUT2D eigenvalue weighted by Crippen LogP contribution is 2.32. The van der Waals surface area contributed by atoms with E-state index in [1.807, 2.05) is 19.1 Å². The molecule has 0 bridgehead atoms. The van der Waals surface area contributed by atoms with Crippen LogP contribution in [0.5, 0.6) is 0 Å². The number of thiophene rings is 1. The van der Waals surface area contributed by atoms with Gasteiger partial charge in [-0.1, -0.05) is 12.2 Å². The standard InChI is InChI=1S/C13H14ClN3S/c1-4-6-17(7-5-2)12-11-10(9(3)8-18-11)15-13(14)16-12/h4-5,8H,1-2,6-7H2,3H3. The minimum absolute atomic E-state index is 0.275. The topological polar surface area (TPSA) is 29.0 Å². The Kier molecular flexibility index (Phi) is 3.99. The summed E-state index contributed by atoms with van der Waals surface area (Å²) >= 11 is 7.64. The van der Waals surface area contributed by atoms with Gasteiger partial charge in [0.15, 0.2) is 5.82 Å². The van der Waals surface area contributed by atoms with Gasteiger partial charge >= 0.3 is 0 Å². The quantitative estimate of drug-likeness (QED) is 0.615. The molecule has 0 unspecified atom stereocenters. The van der Waals surface area contributed by atoms with Crippen LogP contribution in [-0.4, -0.2) is 23.1 Å². The molecule has 0 spiro atoms. The van der Waals surface area contributed by atoms with Gasteiger partial charge in [0.25, 0.3) is 0 Å². The molecule has 0 saturated carbocycles. The minimum atomic E-state index is 0.275. The van der Waals surface area contributed by atoms with Gasteiger partial charge in [-0.05, 0) is 29.5 Å². The normalized spacial score (nSPS) is 10.6. The van der Waals surface area contributed by atoms with Gasteiger partial charge in [0, 0.05) is 13.1 Å². The van der Waals surface area contributed by atoms with Crippen LogP contribution in [-0.2, 0) is 0 Å². The van der Waals surface area contributed by atoms with Crippen molar-refractivity contribution < 1.29 is 0 Å². The second-order valence-electron chi connectivity index (χ2n) is 3.90. The molecule has 18 heavy (non-hydrogen) atoms. The first-order valence-electron chi connectivity index (χ1n) is 5.55. The van der Waals surface area contributed by atoms with Crippen LogP contribution < -0.4 is 4.90 Å². The molecule has 0 N–H and O–H groups in total. The molecule has 0 saturated heterocycles. The van der Waals surface area contributed by atoms with E-state index in [0.717, 1.165) is 21.6 Å². The summed E-state index contributed by atoms with van der Waals surface area (Å²) < 4.78 is 1.06. The van der Waals surface area contributed by atoms with Gasteiger partial charge < -0.3 is 4.90 Å². The molecule has 0 aliphatic carbocycles. The number of hydrogen-bond acceptors (Lipinski definition) is 4. The zero-order valence-corrected chi connectivity index (χ0v) is 11.8. The Morgan fingerprint density at radius 1 is 1.33 bits per heavy atom. The molecule has 0 amide bonds. The molecule has 3 nitrogen and oxygen atoms in total. The average Bonchev–Trinajstić information content (AvgIpc) is 2.70. The molecule has 0 aliphatic rings. The molecule has 5 heteroatoms. The number of hydrogen-bond donors (Lipinski definition) is 0. The van der Waals surface area contributed by atoms with E-state index in [1.54, 1.807) is 11.3 Å². The maximum Gasteiger partial charge on any atom is 0.224 e. The zero-order chi connectivity index (χ0) is 13.1. The van der Waals surface area contributed by atoms with Gasteiger partial charge in [-0.2, -0.15) is 4.98 Å². The fourth-order valence-corrected chi connectivity index (χ4v) is 2.93. The molecule has 2 aromatic rings. The van der Waals surface area contributed by atoms with Crippen LogP contribution in [0, 0.1) is 6.92 Å². The maximum absolute atomic E-state index is 6.00. The lowest BCUT2D eigenvalue weighted by atomic mass is 10.3. The van der Waals surface area contributed by atoms with Crippen molar-refractivity contribution in [2.75, 3.05) is 18.0 Å². The van der Waals surface area contributed by atoms with E-state index in [1.165, 1.54) is 0 Å². The predicted octanol–water partition coefficient (Wildman–Crippen LogP) is 3.83. The van der Waals surface area contributed by atoms with E-state index in [4.69, 9.17) is 11.6 Å². The first-order valence-corrected chi connectivity index (χ1v) is 6.81. The van der Waals surface area contributed by atoms with Crippen molar-refractivity contribution in [2.24, 2.45) is 0 Å². The number of rotatable bonds is 5. The number of halogens is 1. The largest absolute Gasteiger partial charge is 0.348 e. The summed E-state index contributed by atoms with van der Waals surface area (Å²) in [6, 6.07) is 0. The lowest BCUT2D eigenvalue weighted by molar-refractivity contribution is 0.930. The highest BCUT2D eigenvalue weighted by molar-refractivity contribution is 7.18. The summed E-state index contributed by atoms with van der Waals surface area (Å²) in [5, 5.41) is 2.34. The molecule has 0 aliphatic heterocycles. The highest BCUT2D eigenvalue weighted by Gasteiger charge is 2.15. The second-order valence-corrected chi connectivity index (χ2v) is 5.11. The first kappa shape index (κ1) is 13.1. The average molecular weight is 280 g/mol. The van der Waals surface area contributed by atoms with Gasteiger partial charge in [0.2, 0.25) is 5.28 Å². The van der Waals surface area contributed by atoms with Crippen LogP contribution in [0.4, 0.5) is 5.82 Å². The van der Waals surface area contributed by atoms with Crippen LogP contribution in [0.1, 0.15) is 5.56 Å². The van der Waals surface area contributed by atoms with E-state index in [-0.39, 0.29) is 5.28 Å². The molecule has 94 valence electrons. The SMILES string of the molecule is C=CCN(CC=C)c1nc(Cl)nc2c(C)csc12. The van der Waals surface area contributed by atoms with Crippen LogP contribution in [0.25, 0.3) is 10.2 Å². The van der Waals surface area contributed by atoms with Crippen molar-refractivity contribution in [3.63, 3.8) is 0 Å². The Labute approximate surface area is 115 Å². The van der Waals surface area contributed by atoms with Crippen LogP contribution >= 0.6 is 22.9 Å². The Bertz CT molecular complexity index is 581. The molecule has 0 aromatic carbocycles. The Balaban J connectivity index is 2.59. The molecule has 2 aromatic heterocycles. The van der Waals surface area contributed by atoms with E-state index >= 15 is 0 Å². The third kappa shape index (κ3) is 2.40. The third-order valence-electron chi connectivity index (χ3n) is 2.55. The van der Waals surface area contributed by atoms with Gasteiger partial charge in [0.05, 0.1) is 10.2 Å². The molecule has 0 atom stereocenters. The third-order valence-corrected chi connectivity index (χ3v) is 3.80. The maximum atomic E-state index is 6.00. The van der Waals surface area contributed by atoms with Gasteiger partial charge in [-0.3, -0.25) is 0 Å². The lowest BCUT2D eigenvalue weighted by Crippen LogP contribution is -2.24. The summed E-state index contributed by atoms with van der Waals surface area (Å²) in [5.74, 6) is 0.850. The molecular formula is C13H14ClN3S. The van der Waals surface area contributed by atoms with E-state index in [2.05, 4.69) is 33.4 Å². The number of fused-ring (bicyclic) bond motifs is 1. The van der Waals surface area contributed by atoms with Gasteiger partial charge in [-0.15, -0.1) is 24.5 Å². The summed E-state index contributed by atoms with van der Waals surface area (Å²) in [7, 11) is 0. The van der Waals surface area contributed by atoms with Crippen molar-refractivity contribution in [2.45, 2.75) is 6.92 Å².